The fourth-order valence-electron chi connectivity index (χ4n) is 3.12. The van der Waals surface area contributed by atoms with Gasteiger partial charge in [0, 0.05) is 13.1 Å². The summed E-state index contributed by atoms with van der Waals surface area (Å²) >= 11 is 0. The normalized spacial score (nSPS) is 24.8. The second-order valence-electron chi connectivity index (χ2n) is 7.78. The van der Waals surface area contributed by atoms with E-state index in [0.717, 1.165) is 32.4 Å². The topological polar surface area (TPSA) is 64.8 Å². The van der Waals surface area contributed by atoms with E-state index in [1.807, 2.05) is 25.7 Å². The highest BCUT2D eigenvalue weighted by molar-refractivity contribution is 5.68. The first-order valence-electron chi connectivity index (χ1n) is 8.13. The van der Waals surface area contributed by atoms with Crippen LogP contribution in [-0.2, 0) is 9.57 Å². The first-order chi connectivity index (χ1) is 9.84. The van der Waals surface area contributed by atoms with E-state index in [2.05, 4.69) is 0 Å². The van der Waals surface area contributed by atoms with Crippen LogP contribution in [0.3, 0.4) is 0 Å². The fraction of sp³-hybridized carbons (Fsp3) is 0.938. The zero-order valence-corrected chi connectivity index (χ0v) is 13.7. The number of nitrogens with zero attached hydrogens (tertiary/aromatic N) is 1. The summed E-state index contributed by atoms with van der Waals surface area (Å²) in [7, 11) is 0. The molecule has 1 saturated heterocycles. The number of nitrogens with two attached hydrogens (primary N) is 1. The Morgan fingerprint density at radius 3 is 2.67 bits per heavy atom. The highest BCUT2D eigenvalue weighted by atomic mass is 16.6. The maximum absolute atomic E-state index is 12.1. The zero-order valence-electron chi connectivity index (χ0n) is 13.7. The van der Waals surface area contributed by atoms with Crippen LogP contribution in [0.25, 0.3) is 0 Å². The van der Waals surface area contributed by atoms with Gasteiger partial charge in [0.05, 0.1) is 6.61 Å². The highest BCUT2D eigenvalue weighted by Crippen LogP contribution is 2.50. The fourth-order valence-corrected chi connectivity index (χ4v) is 3.12. The number of rotatable bonds is 5. The van der Waals surface area contributed by atoms with Crippen molar-refractivity contribution >= 4 is 6.09 Å². The third kappa shape index (κ3) is 5.15. The van der Waals surface area contributed by atoms with Crippen molar-refractivity contribution in [2.24, 2.45) is 17.2 Å². The van der Waals surface area contributed by atoms with Crippen LogP contribution < -0.4 is 5.90 Å². The Hall–Kier alpha value is -0.810. The Balaban J connectivity index is 1.77. The van der Waals surface area contributed by atoms with Gasteiger partial charge in [-0.3, -0.25) is 0 Å². The van der Waals surface area contributed by atoms with E-state index in [9.17, 15) is 4.79 Å². The molecule has 2 fully saturated rings. The van der Waals surface area contributed by atoms with E-state index in [1.165, 1.54) is 19.3 Å². The number of hydrogen-bond donors (Lipinski definition) is 1. The molecule has 2 rings (SSSR count). The summed E-state index contributed by atoms with van der Waals surface area (Å²) in [5.41, 5.74) is -0.0799. The van der Waals surface area contributed by atoms with Crippen LogP contribution in [0.1, 0.15) is 59.3 Å². The first kappa shape index (κ1) is 16.6. The minimum Gasteiger partial charge on any atom is -0.444 e. The summed E-state index contributed by atoms with van der Waals surface area (Å²) in [6.07, 6.45) is 6.89. The van der Waals surface area contributed by atoms with Gasteiger partial charge in [0.25, 0.3) is 0 Å². The summed E-state index contributed by atoms with van der Waals surface area (Å²) in [4.78, 5) is 18.9. The van der Waals surface area contributed by atoms with Crippen molar-refractivity contribution in [2.75, 3.05) is 19.7 Å². The van der Waals surface area contributed by atoms with Crippen LogP contribution >= 0.6 is 0 Å². The van der Waals surface area contributed by atoms with Gasteiger partial charge in [-0.05, 0) is 70.6 Å². The largest absolute Gasteiger partial charge is 0.444 e. The monoisotopic (exact) mass is 298 g/mol. The van der Waals surface area contributed by atoms with Gasteiger partial charge < -0.3 is 14.5 Å². The van der Waals surface area contributed by atoms with Gasteiger partial charge in [-0.1, -0.05) is 0 Å². The molecule has 1 amide bonds. The molecule has 1 aliphatic carbocycles. The van der Waals surface area contributed by atoms with Gasteiger partial charge >= 0.3 is 6.09 Å². The molecule has 1 aliphatic heterocycles. The van der Waals surface area contributed by atoms with Crippen molar-refractivity contribution in [3.8, 4) is 0 Å². The first-order valence-corrected chi connectivity index (χ1v) is 8.13. The smallest absolute Gasteiger partial charge is 0.410 e. The molecule has 0 bridgehead atoms. The lowest BCUT2D eigenvalue weighted by Crippen LogP contribution is -2.43. The second kappa shape index (κ2) is 6.53. The maximum Gasteiger partial charge on any atom is 0.410 e. The van der Waals surface area contributed by atoms with Crippen LogP contribution in [0.15, 0.2) is 0 Å². The number of carbonyl (C=O) groups is 1. The van der Waals surface area contributed by atoms with Crippen LogP contribution in [0.4, 0.5) is 4.79 Å². The number of carbonyl (C=O) groups excluding carboxylic acids is 1. The molecule has 1 atom stereocenters. The highest BCUT2D eigenvalue weighted by Gasteiger charge is 2.43. The summed E-state index contributed by atoms with van der Waals surface area (Å²) < 4.78 is 5.47. The lowest BCUT2D eigenvalue weighted by atomic mass is 9.89. The molecule has 0 aromatic carbocycles. The molecule has 1 unspecified atom stereocenters. The average molecular weight is 298 g/mol. The SMILES string of the molecule is CC(C)(C)OC(=O)N1CCCC(CCC2(CON)CC2)C1. The quantitative estimate of drug-likeness (QED) is 0.792. The van der Waals surface area contributed by atoms with E-state index < -0.39 is 5.60 Å². The van der Waals surface area contributed by atoms with E-state index in [1.54, 1.807) is 0 Å². The Morgan fingerprint density at radius 1 is 1.38 bits per heavy atom. The molecule has 2 N–H and O–H groups in total. The minimum atomic E-state index is -0.416. The summed E-state index contributed by atoms with van der Waals surface area (Å²) in [6, 6.07) is 0. The predicted octanol–water partition coefficient (Wildman–Crippen LogP) is 3.08. The lowest BCUT2D eigenvalue weighted by Gasteiger charge is -2.34. The number of amides is 1. The zero-order chi connectivity index (χ0) is 15.5. The van der Waals surface area contributed by atoms with Crippen molar-refractivity contribution in [3.63, 3.8) is 0 Å². The lowest BCUT2D eigenvalue weighted by molar-refractivity contribution is 0.0152. The van der Waals surface area contributed by atoms with Crippen molar-refractivity contribution in [3.05, 3.63) is 0 Å². The van der Waals surface area contributed by atoms with Gasteiger partial charge in [-0.25, -0.2) is 10.7 Å². The number of piperidine rings is 1. The van der Waals surface area contributed by atoms with Crippen LogP contribution in [0.2, 0.25) is 0 Å². The standard InChI is InChI=1S/C16H30N2O3/c1-15(2,3)21-14(19)18-10-4-5-13(11-18)6-7-16(8-9-16)12-20-17/h13H,4-12,17H2,1-3H3. The summed E-state index contributed by atoms with van der Waals surface area (Å²) in [5.74, 6) is 5.80. The molecule has 0 aromatic rings. The van der Waals surface area contributed by atoms with Gasteiger partial charge in [0.1, 0.15) is 5.60 Å². The molecule has 5 nitrogen and oxygen atoms in total. The summed E-state index contributed by atoms with van der Waals surface area (Å²) in [5, 5.41) is 0. The Kier molecular flexibility index (Phi) is 5.15. The maximum atomic E-state index is 12.1. The van der Waals surface area contributed by atoms with Gasteiger partial charge in [-0.15, -0.1) is 0 Å². The Labute approximate surface area is 128 Å². The van der Waals surface area contributed by atoms with Crippen molar-refractivity contribution in [2.45, 2.75) is 64.9 Å². The van der Waals surface area contributed by atoms with Crippen molar-refractivity contribution in [1.82, 2.24) is 4.90 Å². The van der Waals surface area contributed by atoms with Gasteiger partial charge in [-0.2, -0.15) is 0 Å². The van der Waals surface area contributed by atoms with E-state index in [0.29, 0.717) is 17.9 Å². The third-order valence-electron chi connectivity index (χ3n) is 4.60. The van der Waals surface area contributed by atoms with E-state index in [4.69, 9.17) is 15.5 Å². The predicted molar refractivity (Wildman–Crippen MR) is 81.6 cm³/mol. The number of likely N-dealkylation sites (tertiary alicyclic amines) is 1. The average Bonchev–Trinajstić information content (AvgIpc) is 3.16. The Bertz CT molecular complexity index is 361. The molecule has 5 heteroatoms. The van der Waals surface area contributed by atoms with Crippen LogP contribution in [-0.4, -0.2) is 36.3 Å². The van der Waals surface area contributed by atoms with Gasteiger partial charge in [0.15, 0.2) is 0 Å². The van der Waals surface area contributed by atoms with Crippen molar-refractivity contribution < 1.29 is 14.4 Å². The molecule has 21 heavy (non-hydrogen) atoms. The molecule has 1 saturated carbocycles. The molecule has 0 radical (unpaired) electrons. The molecule has 122 valence electrons. The van der Waals surface area contributed by atoms with Crippen LogP contribution in [0, 0.1) is 11.3 Å². The number of hydrogen-bond acceptors (Lipinski definition) is 4. The molecular weight excluding hydrogens is 268 g/mol. The van der Waals surface area contributed by atoms with E-state index in [-0.39, 0.29) is 6.09 Å². The molecule has 0 spiro atoms. The molecule has 0 aromatic heterocycles. The molecule has 2 aliphatic rings. The van der Waals surface area contributed by atoms with Crippen molar-refractivity contribution in [1.29, 1.82) is 0 Å². The van der Waals surface area contributed by atoms with Crippen LogP contribution in [0.5, 0.6) is 0 Å². The Morgan fingerprint density at radius 2 is 2.10 bits per heavy atom. The third-order valence-corrected chi connectivity index (χ3v) is 4.60. The summed E-state index contributed by atoms with van der Waals surface area (Å²) in [6.45, 7) is 8.06. The van der Waals surface area contributed by atoms with E-state index >= 15 is 0 Å². The minimum absolute atomic E-state index is 0.168. The van der Waals surface area contributed by atoms with Gasteiger partial charge in [0.2, 0.25) is 0 Å². The number of ether oxygens (including phenoxy) is 1. The second-order valence-corrected chi connectivity index (χ2v) is 7.78. The molecular formula is C16H30N2O3. The molecule has 1 heterocycles.